The van der Waals surface area contributed by atoms with Crippen molar-refractivity contribution < 1.29 is 8.42 Å². The summed E-state index contributed by atoms with van der Waals surface area (Å²) in [6.07, 6.45) is 6.78. The lowest BCUT2D eigenvalue weighted by Gasteiger charge is -2.26. The SMILES string of the molecule is O=S(=O)(/C=C/c1ccccc1)NCc1ccnc(N2CCCCC2)n1. The van der Waals surface area contributed by atoms with E-state index in [1.54, 1.807) is 18.3 Å². The fourth-order valence-electron chi connectivity index (χ4n) is 2.68. The van der Waals surface area contributed by atoms with Gasteiger partial charge < -0.3 is 4.90 Å². The van der Waals surface area contributed by atoms with Crippen LogP contribution in [0.25, 0.3) is 6.08 Å². The Balaban J connectivity index is 1.61. The molecular weight excluding hydrogens is 336 g/mol. The molecule has 1 aromatic carbocycles. The van der Waals surface area contributed by atoms with E-state index in [-0.39, 0.29) is 6.54 Å². The number of rotatable bonds is 6. The number of nitrogens with one attached hydrogen (secondary N) is 1. The van der Waals surface area contributed by atoms with Gasteiger partial charge in [0.25, 0.3) is 0 Å². The standard InChI is InChI=1S/C18H22N4O2S/c23-25(24,14-10-16-7-3-1-4-8-16)20-15-17-9-11-19-18(21-17)22-12-5-2-6-13-22/h1,3-4,7-11,14,20H,2,5-6,12-13,15H2/b14-10+. The van der Waals surface area contributed by atoms with Crippen LogP contribution in [0.2, 0.25) is 0 Å². The number of benzene rings is 1. The highest BCUT2D eigenvalue weighted by atomic mass is 32.2. The van der Waals surface area contributed by atoms with Gasteiger partial charge in [0.05, 0.1) is 12.2 Å². The molecule has 1 aromatic heterocycles. The normalized spacial score (nSPS) is 15.6. The zero-order valence-electron chi connectivity index (χ0n) is 14.0. The molecule has 1 aliphatic rings. The first kappa shape index (κ1) is 17.6. The lowest BCUT2D eigenvalue weighted by molar-refractivity contribution is 0.566. The van der Waals surface area contributed by atoms with Gasteiger partial charge in [0.15, 0.2) is 0 Å². The second kappa shape index (κ2) is 8.22. The maximum Gasteiger partial charge on any atom is 0.234 e. The Kier molecular flexibility index (Phi) is 5.78. The second-order valence-electron chi connectivity index (χ2n) is 5.98. The van der Waals surface area contributed by atoms with Crippen molar-refractivity contribution in [2.75, 3.05) is 18.0 Å². The molecule has 1 N–H and O–H groups in total. The van der Waals surface area contributed by atoms with Crippen LogP contribution in [-0.2, 0) is 16.6 Å². The molecule has 7 heteroatoms. The maximum atomic E-state index is 12.1. The summed E-state index contributed by atoms with van der Waals surface area (Å²) in [5.74, 6) is 0.677. The van der Waals surface area contributed by atoms with Crippen molar-refractivity contribution >= 4 is 22.0 Å². The molecule has 132 valence electrons. The van der Waals surface area contributed by atoms with Crippen LogP contribution in [0.3, 0.4) is 0 Å². The molecule has 0 saturated carbocycles. The molecule has 6 nitrogen and oxygen atoms in total. The summed E-state index contributed by atoms with van der Waals surface area (Å²) in [6, 6.07) is 11.0. The van der Waals surface area contributed by atoms with Crippen LogP contribution in [0.5, 0.6) is 0 Å². The number of aromatic nitrogens is 2. The van der Waals surface area contributed by atoms with Gasteiger partial charge in [-0.25, -0.2) is 23.1 Å². The van der Waals surface area contributed by atoms with Crippen molar-refractivity contribution in [3.05, 3.63) is 59.3 Å². The van der Waals surface area contributed by atoms with E-state index in [4.69, 9.17) is 0 Å². The highest BCUT2D eigenvalue weighted by molar-refractivity contribution is 7.92. The summed E-state index contributed by atoms with van der Waals surface area (Å²) >= 11 is 0. The van der Waals surface area contributed by atoms with Gasteiger partial charge in [-0.3, -0.25) is 0 Å². The van der Waals surface area contributed by atoms with Crippen LogP contribution in [0.15, 0.2) is 48.0 Å². The highest BCUT2D eigenvalue weighted by Crippen LogP contribution is 2.15. The van der Waals surface area contributed by atoms with E-state index < -0.39 is 10.0 Å². The Morgan fingerprint density at radius 2 is 1.84 bits per heavy atom. The van der Waals surface area contributed by atoms with Gasteiger partial charge in [0, 0.05) is 24.7 Å². The van der Waals surface area contributed by atoms with Gasteiger partial charge in [0.1, 0.15) is 0 Å². The van der Waals surface area contributed by atoms with Gasteiger partial charge in [-0.2, -0.15) is 0 Å². The van der Waals surface area contributed by atoms with E-state index >= 15 is 0 Å². The minimum Gasteiger partial charge on any atom is -0.341 e. The van der Waals surface area contributed by atoms with Crippen LogP contribution in [0, 0.1) is 0 Å². The van der Waals surface area contributed by atoms with Gasteiger partial charge in [-0.05, 0) is 37.0 Å². The van der Waals surface area contributed by atoms with Gasteiger partial charge >= 0.3 is 0 Å². The Bertz CT molecular complexity index is 816. The first-order valence-corrected chi connectivity index (χ1v) is 9.97. The van der Waals surface area contributed by atoms with Crippen molar-refractivity contribution in [2.24, 2.45) is 0 Å². The van der Waals surface area contributed by atoms with E-state index in [9.17, 15) is 8.42 Å². The quantitative estimate of drug-likeness (QED) is 0.859. The first-order valence-electron chi connectivity index (χ1n) is 8.42. The van der Waals surface area contributed by atoms with Gasteiger partial charge in [-0.15, -0.1) is 0 Å². The van der Waals surface area contributed by atoms with E-state index in [2.05, 4.69) is 19.6 Å². The molecule has 2 aromatic rings. The van der Waals surface area contributed by atoms with Gasteiger partial charge in [0.2, 0.25) is 16.0 Å². The van der Waals surface area contributed by atoms with Crippen LogP contribution >= 0.6 is 0 Å². The smallest absolute Gasteiger partial charge is 0.234 e. The van der Waals surface area contributed by atoms with E-state index in [1.165, 1.54) is 11.8 Å². The number of hydrogen-bond donors (Lipinski definition) is 1. The summed E-state index contributed by atoms with van der Waals surface area (Å²) in [5, 5.41) is 1.18. The molecule has 1 aliphatic heterocycles. The van der Waals surface area contributed by atoms with Crippen molar-refractivity contribution in [1.29, 1.82) is 0 Å². The maximum absolute atomic E-state index is 12.1. The zero-order valence-corrected chi connectivity index (χ0v) is 14.8. The summed E-state index contributed by atoms with van der Waals surface area (Å²) in [5.41, 5.74) is 1.49. The van der Waals surface area contributed by atoms with Crippen LogP contribution < -0.4 is 9.62 Å². The second-order valence-corrected chi connectivity index (χ2v) is 7.63. The van der Waals surface area contributed by atoms with Crippen molar-refractivity contribution in [2.45, 2.75) is 25.8 Å². The topological polar surface area (TPSA) is 75.2 Å². The number of nitrogens with zero attached hydrogens (tertiary/aromatic N) is 3. The van der Waals surface area contributed by atoms with Crippen molar-refractivity contribution in [3.63, 3.8) is 0 Å². The minimum absolute atomic E-state index is 0.144. The molecule has 0 aliphatic carbocycles. The lowest BCUT2D eigenvalue weighted by atomic mass is 10.1. The fraction of sp³-hybridized carbons (Fsp3) is 0.333. The first-order chi connectivity index (χ1) is 12.1. The molecular formula is C18H22N4O2S. The molecule has 1 fully saturated rings. The zero-order chi connectivity index (χ0) is 17.5. The molecule has 0 radical (unpaired) electrons. The third-order valence-electron chi connectivity index (χ3n) is 4.03. The monoisotopic (exact) mass is 358 g/mol. The lowest BCUT2D eigenvalue weighted by Crippen LogP contribution is -2.31. The number of anilines is 1. The highest BCUT2D eigenvalue weighted by Gasteiger charge is 2.14. The number of sulfonamides is 1. The average Bonchev–Trinajstić information content (AvgIpc) is 2.67. The summed E-state index contributed by atoms with van der Waals surface area (Å²) in [4.78, 5) is 10.9. The van der Waals surface area contributed by atoms with E-state index in [0.29, 0.717) is 11.6 Å². The number of piperidine rings is 1. The van der Waals surface area contributed by atoms with E-state index in [1.807, 2.05) is 30.3 Å². The summed E-state index contributed by atoms with van der Waals surface area (Å²) in [6.45, 7) is 2.05. The minimum atomic E-state index is -3.52. The molecule has 2 heterocycles. The van der Waals surface area contributed by atoms with Crippen LogP contribution in [-0.4, -0.2) is 31.5 Å². The predicted octanol–water partition coefficient (Wildman–Crippen LogP) is 2.56. The molecule has 0 bridgehead atoms. The van der Waals surface area contributed by atoms with Crippen molar-refractivity contribution in [3.8, 4) is 0 Å². The predicted molar refractivity (Wildman–Crippen MR) is 99.3 cm³/mol. The molecule has 3 rings (SSSR count). The van der Waals surface area contributed by atoms with Gasteiger partial charge in [-0.1, -0.05) is 30.3 Å². The van der Waals surface area contributed by atoms with Crippen LogP contribution in [0.4, 0.5) is 5.95 Å². The molecule has 0 spiro atoms. The molecule has 1 saturated heterocycles. The summed E-state index contributed by atoms with van der Waals surface area (Å²) < 4.78 is 26.8. The third kappa shape index (κ3) is 5.37. The fourth-order valence-corrected chi connectivity index (χ4v) is 3.47. The average molecular weight is 358 g/mol. The van der Waals surface area contributed by atoms with Crippen molar-refractivity contribution in [1.82, 2.24) is 14.7 Å². The molecule has 0 unspecified atom stereocenters. The molecule has 0 atom stereocenters. The Morgan fingerprint density at radius 1 is 1.08 bits per heavy atom. The Labute approximate surface area is 148 Å². The Hall–Kier alpha value is -2.25. The number of hydrogen-bond acceptors (Lipinski definition) is 5. The third-order valence-corrected chi connectivity index (χ3v) is 5.07. The molecule has 0 amide bonds. The summed E-state index contributed by atoms with van der Waals surface area (Å²) in [7, 11) is -3.52. The van der Waals surface area contributed by atoms with E-state index in [0.717, 1.165) is 31.5 Å². The Morgan fingerprint density at radius 3 is 2.60 bits per heavy atom. The van der Waals surface area contributed by atoms with Crippen LogP contribution in [0.1, 0.15) is 30.5 Å². The molecule has 25 heavy (non-hydrogen) atoms. The largest absolute Gasteiger partial charge is 0.341 e.